The molecule has 0 bridgehead atoms. The molecule has 0 saturated heterocycles. The Morgan fingerprint density at radius 2 is 2.00 bits per heavy atom. The topological polar surface area (TPSA) is 74.3 Å². The Kier molecular flexibility index (Phi) is 5.17. The van der Waals surface area contributed by atoms with Crippen molar-refractivity contribution in [2.75, 3.05) is 10.2 Å². The second kappa shape index (κ2) is 7.39. The number of amides is 3. The molecule has 0 atom stereocenters. The van der Waals surface area contributed by atoms with Crippen LogP contribution in [0.2, 0.25) is 0 Å². The molecule has 3 amide bonds. The van der Waals surface area contributed by atoms with Gasteiger partial charge in [-0.25, -0.2) is 9.78 Å². The van der Waals surface area contributed by atoms with E-state index in [1.807, 2.05) is 52.0 Å². The summed E-state index contributed by atoms with van der Waals surface area (Å²) in [5, 5.41) is 5.61. The van der Waals surface area contributed by atoms with Crippen LogP contribution in [-0.4, -0.2) is 22.5 Å². The van der Waals surface area contributed by atoms with Gasteiger partial charge in [-0.15, -0.1) is 0 Å². The van der Waals surface area contributed by atoms with Crippen LogP contribution in [0, 0.1) is 6.92 Å². The van der Waals surface area contributed by atoms with Crippen molar-refractivity contribution in [1.29, 1.82) is 0 Å². The number of fused-ring (bicyclic) bond motifs is 1. The van der Waals surface area contributed by atoms with Crippen LogP contribution in [0.15, 0.2) is 36.4 Å². The summed E-state index contributed by atoms with van der Waals surface area (Å²) in [5.74, 6) is 0.581. The zero-order chi connectivity index (χ0) is 19.6. The summed E-state index contributed by atoms with van der Waals surface area (Å²) in [7, 11) is 0. The predicted octanol–water partition coefficient (Wildman–Crippen LogP) is 4.28. The van der Waals surface area contributed by atoms with Gasteiger partial charge in [0, 0.05) is 21.2 Å². The second-order valence-corrected chi connectivity index (χ2v) is 7.96. The van der Waals surface area contributed by atoms with E-state index in [2.05, 4.69) is 21.7 Å². The molecule has 2 aromatic rings. The summed E-state index contributed by atoms with van der Waals surface area (Å²) in [6.45, 7) is 8.31. The van der Waals surface area contributed by atoms with Crippen LogP contribution < -0.4 is 15.5 Å². The van der Waals surface area contributed by atoms with Crippen LogP contribution in [0.5, 0.6) is 0 Å². The molecule has 0 radical (unpaired) electrons. The molecular weight excluding hydrogens is 340 g/mol. The number of hydrogen-bond donors (Lipinski definition) is 2. The number of aromatic nitrogens is 1. The summed E-state index contributed by atoms with van der Waals surface area (Å²) in [6, 6.07) is 11.5. The fraction of sp³-hybridized carbons (Fsp3) is 0.381. The maximum Gasteiger partial charge on any atom is 0.320 e. The van der Waals surface area contributed by atoms with Crippen molar-refractivity contribution in [3.63, 3.8) is 0 Å². The maximum absolute atomic E-state index is 12.5. The molecule has 6 nitrogen and oxygen atoms in total. The number of benzene rings is 1. The fourth-order valence-electron chi connectivity index (χ4n) is 3.14. The van der Waals surface area contributed by atoms with Crippen LogP contribution >= 0.6 is 0 Å². The number of hydrogen-bond acceptors (Lipinski definition) is 3. The van der Waals surface area contributed by atoms with Gasteiger partial charge in [0.05, 0.1) is 17.9 Å². The van der Waals surface area contributed by atoms with E-state index in [-0.39, 0.29) is 20.3 Å². The van der Waals surface area contributed by atoms with E-state index in [4.69, 9.17) is 0 Å². The standard InChI is InChI=1S/C21H26N4O2.2H2/c1-14-6-5-7-15(12-14)13-25-17-9-10-18(22-16(17)8-11-19(25)26)23-20(27)24-21(2,3)4;;/h5-7,9-10,12H,8,11,13H2,1-4H3,(H2,22,23,24,27);2*1H. The second-order valence-electron chi connectivity index (χ2n) is 7.96. The first kappa shape index (κ1) is 18.9. The molecule has 3 rings (SSSR count). The van der Waals surface area contributed by atoms with Gasteiger partial charge < -0.3 is 10.2 Å². The highest BCUT2D eigenvalue weighted by Gasteiger charge is 2.26. The quantitative estimate of drug-likeness (QED) is 0.847. The molecule has 1 aliphatic rings. The number of carbonyl (C=O) groups excluding carboxylic acids is 2. The number of pyridine rings is 1. The molecule has 2 N–H and O–H groups in total. The van der Waals surface area contributed by atoms with Crippen molar-refractivity contribution in [2.45, 2.75) is 52.6 Å². The van der Waals surface area contributed by atoms with Crippen molar-refractivity contribution < 1.29 is 12.4 Å². The number of rotatable bonds is 3. The monoisotopic (exact) mass is 370 g/mol. The Bertz CT molecular complexity index is 881. The van der Waals surface area contributed by atoms with Gasteiger partial charge in [0.2, 0.25) is 5.91 Å². The summed E-state index contributed by atoms with van der Waals surface area (Å²) < 4.78 is 0. The van der Waals surface area contributed by atoms with Gasteiger partial charge in [-0.3, -0.25) is 10.1 Å². The first-order valence-electron chi connectivity index (χ1n) is 9.16. The van der Waals surface area contributed by atoms with E-state index in [0.29, 0.717) is 25.2 Å². The van der Waals surface area contributed by atoms with Crippen LogP contribution in [-0.2, 0) is 17.8 Å². The average Bonchev–Trinajstić information content (AvgIpc) is 2.56. The first-order valence-corrected chi connectivity index (χ1v) is 9.16. The van der Waals surface area contributed by atoms with E-state index < -0.39 is 0 Å². The maximum atomic E-state index is 12.5. The molecular formula is C21H30N4O2. The highest BCUT2D eigenvalue weighted by Crippen LogP contribution is 2.29. The van der Waals surface area contributed by atoms with Crippen molar-refractivity contribution in [2.24, 2.45) is 0 Å². The molecule has 6 heteroatoms. The summed E-state index contributed by atoms with van der Waals surface area (Å²) >= 11 is 0. The number of aryl methyl sites for hydroxylation is 2. The Hall–Kier alpha value is -2.89. The van der Waals surface area contributed by atoms with Crippen molar-refractivity contribution in [3.05, 3.63) is 53.2 Å². The van der Waals surface area contributed by atoms with Gasteiger partial charge in [-0.05, 0) is 45.4 Å². The fourth-order valence-corrected chi connectivity index (χ4v) is 3.14. The minimum Gasteiger partial charge on any atom is -0.333 e. The Labute approximate surface area is 163 Å². The van der Waals surface area contributed by atoms with Crippen LogP contribution in [0.25, 0.3) is 0 Å². The Morgan fingerprint density at radius 3 is 2.70 bits per heavy atom. The largest absolute Gasteiger partial charge is 0.333 e. The van der Waals surface area contributed by atoms with E-state index >= 15 is 0 Å². The minimum atomic E-state index is -0.324. The van der Waals surface area contributed by atoms with Gasteiger partial charge in [0.15, 0.2) is 0 Å². The van der Waals surface area contributed by atoms with Gasteiger partial charge >= 0.3 is 6.03 Å². The van der Waals surface area contributed by atoms with Crippen LogP contribution in [0.1, 0.15) is 46.9 Å². The van der Waals surface area contributed by atoms with Gasteiger partial charge in [0.25, 0.3) is 0 Å². The molecule has 1 aliphatic heterocycles. The highest BCUT2D eigenvalue weighted by molar-refractivity contribution is 5.96. The van der Waals surface area contributed by atoms with E-state index in [9.17, 15) is 9.59 Å². The normalized spacial score (nSPS) is 13.9. The molecule has 27 heavy (non-hydrogen) atoms. The van der Waals surface area contributed by atoms with Gasteiger partial charge in [0.1, 0.15) is 5.82 Å². The molecule has 0 fully saturated rings. The lowest BCUT2D eigenvalue weighted by Crippen LogP contribution is -2.43. The van der Waals surface area contributed by atoms with Crippen molar-refractivity contribution >= 4 is 23.4 Å². The average molecular weight is 370 g/mol. The Morgan fingerprint density at radius 1 is 1.22 bits per heavy atom. The minimum absolute atomic E-state index is 0. The zero-order valence-electron chi connectivity index (χ0n) is 16.3. The Balaban J connectivity index is 0.00000210. The molecule has 0 saturated carbocycles. The van der Waals surface area contributed by atoms with E-state index in [1.165, 1.54) is 5.56 Å². The summed E-state index contributed by atoms with van der Waals surface area (Å²) in [5.41, 5.74) is 3.57. The van der Waals surface area contributed by atoms with E-state index in [1.54, 1.807) is 11.0 Å². The molecule has 0 spiro atoms. The number of anilines is 2. The third-order valence-corrected chi connectivity index (χ3v) is 4.27. The van der Waals surface area contributed by atoms with Crippen molar-refractivity contribution in [3.8, 4) is 0 Å². The smallest absolute Gasteiger partial charge is 0.320 e. The zero-order valence-corrected chi connectivity index (χ0v) is 16.3. The van der Waals surface area contributed by atoms with Gasteiger partial charge in [-0.2, -0.15) is 0 Å². The molecule has 0 unspecified atom stereocenters. The molecule has 1 aromatic heterocycles. The number of carbonyl (C=O) groups is 2. The lowest BCUT2D eigenvalue weighted by molar-refractivity contribution is -0.119. The third kappa shape index (κ3) is 4.84. The van der Waals surface area contributed by atoms with E-state index in [0.717, 1.165) is 16.9 Å². The molecule has 2 heterocycles. The first-order chi connectivity index (χ1) is 12.7. The predicted molar refractivity (Wildman–Crippen MR) is 111 cm³/mol. The van der Waals surface area contributed by atoms with Gasteiger partial charge in [-0.1, -0.05) is 29.8 Å². The third-order valence-electron chi connectivity index (χ3n) is 4.27. The number of nitrogens with zero attached hydrogens (tertiary/aromatic N) is 2. The lowest BCUT2D eigenvalue weighted by Gasteiger charge is -2.29. The molecule has 0 aliphatic carbocycles. The van der Waals surface area contributed by atoms with Crippen LogP contribution in [0.3, 0.4) is 0 Å². The molecule has 1 aromatic carbocycles. The number of urea groups is 1. The highest BCUT2D eigenvalue weighted by atomic mass is 16.2. The lowest BCUT2D eigenvalue weighted by atomic mass is 10.0. The SMILES string of the molecule is Cc1cccc(CN2C(=O)CCc3nc(NC(=O)NC(C)(C)C)ccc32)c1.[HH].[HH]. The number of nitrogens with one attached hydrogen (secondary N) is 2. The summed E-state index contributed by atoms with van der Waals surface area (Å²) in [6.07, 6.45) is 0.998. The van der Waals surface area contributed by atoms with Crippen LogP contribution in [0.4, 0.5) is 16.3 Å². The van der Waals surface area contributed by atoms with Crippen molar-refractivity contribution in [1.82, 2.24) is 10.3 Å². The summed E-state index contributed by atoms with van der Waals surface area (Å²) in [4.78, 5) is 30.9. The molecule has 146 valence electrons.